The number of nitrogens with zero attached hydrogens (tertiary/aromatic N) is 1. The van der Waals surface area contributed by atoms with E-state index in [-0.39, 0.29) is 0 Å². The maximum atomic E-state index is 10.4. The molecule has 0 aliphatic carbocycles. The van der Waals surface area contributed by atoms with Gasteiger partial charge in [0.25, 0.3) is 0 Å². The van der Waals surface area contributed by atoms with Crippen LogP contribution in [0.4, 0.5) is 0 Å². The van der Waals surface area contributed by atoms with Crippen LogP contribution in [0.2, 0.25) is 0 Å². The van der Waals surface area contributed by atoms with E-state index in [0.29, 0.717) is 19.0 Å². The highest BCUT2D eigenvalue weighted by Crippen LogP contribution is 2.27. The molecule has 0 saturated heterocycles. The number of ether oxygens (including phenoxy) is 1. The summed E-state index contributed by atoms with van der Waals surface area (Å²) in [6, 6.07) is 26.0. The second-order valence-corrected chi connectivity index (χ2v) is 6.09. The molecule has 0 unspecified atom stereocenters. The van der Waals surface area contributed by atoms with Gasteiger partial charge in [-0.05, 0) is 29.3 Å². The third kappa shape index (κ3) is 3.36. The van der Waals surface area contributed by atoms with Gasteiger partial charge in [-0.2, -0.15) is 0 Å². The van der Waals surface area contributed by atoms with E-state index >= 15 is 0 Å². The van der Waals surface area contributed by atoms with Crippen molar-refractivity contribution in [2.45, 2.75) is 13.2 Å². The summed E-state index contributed by atoms with van der Waals surface area (Å²) in [5.41, 5.74) is 2.26. The summed E-state index contributed by atoms with van der Waals surface area (Å²) in [6.07, 6.45) is 1.98. The summed E-state index contributed by atoms with van der Waals surface area (Å²) in [5, 5.41) is 12.3. The average molecular weight is 329 g/mol. The van der Waals surface area contributed by atoms with Crippen LogP contribution in [0.3, 0.4) is 0 Å². The molecule has 0 aliphatic rings. The monoisotopic (exact) mass is 329 g/mol. The van der Waals surface area contributed by atoms with Gasteiger partial charge in [0.05, 0.1) is 6.54 Å². The van der Waals surface area contributed by atoms with E-state index in [4.69, 9.17) is 4.74 Å². The summed E-state index contributed by atoms with van der Waals surface area (Å²) in [7, 11) is 0. The lowest BCUT2D eigenvalue weighted by molar-refractivity contribution is 0.306. The lowest BCUT2D eigenvalue weighted by atomic mass is 10.2. The molecule has 0 amide bonds. The van der Waals surface area contributed by atoms with Crippen molar-refractivity contribution in [3.63, 3.8) is 0 Å². The molecule has 0 atom stereocenters. The highest BCUT2D eigenvalue weighted by molar-refractivity contribution is 5.87. The van der Waals surface area contributed by atoms with Crippen molar-refractivity contribution in [2.75, 3.05) is 0 Å². The van der Waals surface area contributed by atoms with Crippen LogP contribution in [0.1, 0.15) is 11.1 Å². The summed E-state index contributed by atoms with van der Waals surface area (Å²) in [5.74, 6) is 1.15. The molecule has 0 fully saturated rings. The van der Waals surface area contributed by atoms with Crippen molar-refractivity contribution >= 4 is 10.8 Å². The van der Waals surface area contributed by atoms with Crippen LogP contribution in [0.5, 0.6) is 11.6 Å². The van der Waals surface area contributed by atoms with Crippen LogP contribution in [-0.2, 0) is 13.2 Å². The molecular formula is C22H19NO2. The number of aromatic nitrogens is 1. The maximum absolute atomic E-state index is 10.4. The zero-order chi connectivity index (χ0) is 17.1. The quantitative estimate of drug-likeness (QED) is 0.561. The van der Waals surface area contributed by atoms with Gasteiger partial charge >= 0.3 is 0 Å². The van der Waals surface area contributed by atoms with E-state index in [2.05, 4.69) is 0 Å². The molecule has 0 bridgehead atoms. The Bertz CT molecular complexity index is 972. The van der Waals surface area contributed by atoms with Crippen molar-refractivity contribution in [3.8, 4) is 11.6 Å². The number of hydrogen-bond donors (Lipinski definition) is 1. The summed E-state index contributed by atoms with van der Waals surface area (Å²) in [6.45, 7) is 1.18. The van der Waals surface area contributed by atoms with Gasteiger partial charge in [0.2, 0.25) is 0 Å². The first-order valence-corrected chi connectivity index (χ1v) is 8.32. The predicted octanol–water partition coefficient (Wildman–Crippen LogP) is 4.97. The van der Waals surface area contributed by atoms with Crippen LogP contribution >= 0.6 is 0 Å². The fourth-order valence-corrected chi connectivity index (χ4v) is 2.95. The SMILES string of the molecule is Oc1c2ccccc2cn1Cc1ccc(OCc2ccccc2)cc1. The molecule has 25 heavy (non-hydrogen) atoms. The van der Waals surface area contributed by atoms with Crippen LogP contribution < -0.4 is 4.74 Å². The first kappa shape index (κ1) is 15.3. The second-order valence-electron chi connectivity index (χ2n) is 6.09. The standard InChI is InChI=1S/C22H19NO2/c24-22-21-9-5-4-8-19(21)15-23(22)14-17-10-12-20(13-11-17)25-16-18-6-2-1-3-7-18/h1-13,15,24H,14,16H2. The third-order valence-electron chi connectivity index (χ3n) is 4.29. The van der Waals surface area contributed by atoms with Gasteiger partial charge in [-0.1, -0.05) is 60.7 Å². The minimum absolute atomic E-state index is 0.306. The zero-order valence-corrected chi connectivity index (χ0v) is 13.8. The summed E-state index contributed by atoms with van der Waals surface area (Å²) >= 11 is 0. The summed E-state index contributed by atoms with van der Waals surface area (Å²) < 4.78 is 7.68. The highest BCUT2D eigenvalue weighted by atomic mass is 16.5. The molecule has 4 aromatic rings. The molecule has 0 spiro atoms. The maximum Gasteiger partial charge on any atom is 0.199 e. The molecule has 3 aromatic carbocycles. The fourth-order valence-electron chi connectivity index (χ4n) is 2.95. The Morgan fingerprint density at radius 2 is 1.48 bits per heavy atom. The molecule has 1 aromatic heterocycles. The Hall–Kier alpha value is -3.20. The Morgan fingerprint density at radius 1 is 0.760 bits per heavy atom. The molecule has 1 N–H and O–H groups in total. The minimum atomic E-state index is 0.306. The van der Waals surface area contributed by atoms with E-state index in [1.165, 1.54) is 0 Å². The molecule has 4 rings (SSSR count). The largest absolute Gasteiger partial charge is 0.494 e. The zero-order valence-electron chi connectivity index (χ0n) is 13.8. The van der Waals surface area contributed by atoms with Crippen LogP contribution in [-0.4, -0.2) is 9.67 Å². The number of aromatic hydroxyl groups is 1. The van der Waals surface area contributed by atoms with Crippen molar-refractivity contribution in [1.82, 2.24) is 4.57 Å². The lowest BCUT2D eigenvalue weighted by Gasteiger charge is -2.08. The van der Waals surface area contributed by atoms with Crippen LogP contribution in [0.25, 0.3) is 10.8 Å². The first-order chi connectivity index (χ1) is 12.3. The Labute approximate surface area is 146 Å². The Morgan fingerprint density at radius 3 is 2.24 bits per heavy atom. The topological polar surface area (TPSA) is 34.4 Å². The van der Waals surface area contributed by atoms with E-state index in [1.54, 1.807) is 0 Å². The van der Waals surface area contributed by atoms with E-state index in [0.717, 1.165) is 27.6 Å². The normalized spacial score (nSPS) is 10.9. The number of rotatable bonds is 5. The van der Waals surface area contributed by atoms with Crippen molar-refractivity contribution in [2.24, 2.45) is 0 Å². The van der Waals surface area contributed by atoms with Crippen molar-refractivity contribution in [1.29, 1.82) is 0 Å². The molecule has 3 nitrogen and oxygen atoms in total. The first-order valence-electron chi connectivity index (χ1n) is 8.32. The fraction of sp³-hybridized carbons (Fsp3) is 0.0909. The van der Waals surface area contributed by atoms with Gasteiger partial charge in [-0.15, -0.1) is 0 Å². The third-order valence-corrected chi connectivity index (χ3v) is 4.29. The van der Waals surface area contributed by atoms with E-state index in [1.807, 2.05) is 89.6 Å². The highest BCUT2D eigenvalue weighted by Gasteiger charge is 2.07. The molecule has 3 heteroatoms. The van der Waals surface area contributed by atoms with Gasteiger partial charge in [-0.3, -0.25) is 0 Å². The van der Waals surface area contributed by atoms with E-state index < -0.39 is 0 Å². The second kappa shape index (κ2) is 6.73. The van der Waals surface area contributed by atoms with Crippen molar-refractivity contribution < 1.29 is 9.84 Å². The Kier molecular flexibility index (Phi) is 4.13. The lowest BCUT2D eigenvalue weighted by Crippen LogP contribution is -1.98. The minimum Gasteiger partial charge on any atom is -0.494 e. The van der Waals surface area contributed by atoms with Crippen LogP contribution in [0, 0.1) is 0 Å². The molecule has 0 aliphatic heterocycles. The van der Waals surface area contributed by atoms with Gasteiger partial charge in [-0.25, -0.2) is 0 Å². The van der Waals surface area contributed by atoms with Crippen molar-refractivity contribution in [3.05, 3.63) is 96.2 Å². The van der Waals surface area contributed by atoms with Gasteiger partial charge < -0.3 is 14.4 Å². The average Bonchev–Trinajstić information content (AvgIpc) is 2.98. The molecular weight excluding hydrogens is 310 g/mol. The molecule has 0 radical (unpaired) electrons. The van der Waals surface area contributed by atoms with Gasteiger partial charge in [0.1, 0.15) is 12.4 Å². The predicted molar refractivity (Wildman–Crippen MR) is 99.9 cm³/mol. The van der Waals surface area contributed by atoms with Gasteiger partial charge in [0.15, 0.2) is 5.88 Å². The molecule has 1 heterocycles. The van der Waals surface area contributed by atoms with E-state index in [9.17, 15) is 5.11 Å². The van der Waals surface area contributed by atoms with Gasteiger partial charge in [0, 0.05) is 17.0 Å². The molecule has 124 valence electrons. The number of fused-ring (bicyclic) bond motifs is 1. The summed E-state index contributed by atoms with van der Waals surface area (Å²) in [4.78, 5) is 0. The smallest absolute Gasteiger partial charge is 0.199 e. The number of hydrogen-bond acceptors (Lipinski definition) is 2. The number of benzene rings is 3. The Balaban J connectivity index is 1.45. The molecule has 0 saturated carbocycles. The van der Waals surface area contributed by atoms with Crippen LogP contribution in [0.15, 0.2) is 85.1 Å².